The van der Waals surface area contributed by atoms with Gasteiger partial charge in [-0.25, -0.2) is 0 Å². The summed E-state index contributed by atoms with van der Waals surface area (Å²) < 4.78 is 26.5. The fourth-order valence-electron chi connectivity index (χ4n) is 2.55. The van der Waals surface area contributed by atoms with E-state index in [1.807, 2.05) is 36.4 Å². The summed E-state index contributed by atoms with van der Waals surface area (Å²) in [5.74, 6) is 2.12. The predicted molar refractivity (Wildman–Crippen MR) is 161 cm³/mol. The normalized spacial score (nSPS) is 8.39. The first-order valence-electron chi connectivity index (χ1n) is 10.9. The number of alkyl halides is 1. The average Bonchev–Trinajstić information content (AvgIpc) is 2.88. The van der Waals surface area contributed by atoms with Crippen LogP contribution in [0.2, 0.25) is 0 Å². The zero-order chi connectivity index (χ0) is 26.3. The molecule has 0 aliphatic carbocycles. The minimum Gasteiger partial charge on any atom is -0.870 e. The van der Waals surface area contributed by atoms with Crippen LogP contribution in [0, 0.1) is 0 Å². The molecule has 0 bridgehead atoms. The molecular weight excluding hydrogens is 626 g/mol. The summed E-state index contributed by atoms with van der Waals surface area (Å²) in [7, 11) is 3.16. The maximum atomic E-state index is 9.25. The number of hydrogen-bond donors (Lipinski definition) is 1. The Bertz CT molecular complexity index is 891. The fraction of sp³-hybridized carbons (Fsp3) is 0.310. The quantitative estimate of drug-likeness (QED) is 0.0808. The molecule has 2 rings (SSSR count). The standard InChI is InChI=1S/C14H18O3.C10H12O2.C4H7IO.CH4.K.H2O/c1-4-6-12-7-8-13(14(11-12)15-3)17-10-9-16-5-2;1-3-4-8-5-6-9(11)10(7-8)12-2;1-2-6-4-3-5;;;/h4-5,7-8,11H,1-2,6,9-10H2,3H3;3,5-7,11H,1,4H2,2H3;2H,1,3-4H2;1H4;;1H2/q;;;;+1;/p-1. The van der Waals surface area contributed by atoms with Crippen LogP contribution in [-0.2, 0) is 22.3 Å². The Morgan fingerprint density at radius 3 is 1.71 bits per heavy atom. The van der Waals surface area contributed by atoms with Crippen LogP contribution in [0.4, 0.5) is 0 Å². The van der Waals surface area contributed by atoms with Gasteiger partial charge in [0.15, 0.2) is 23.0 Å². The topological polar surface area (TPSA) is 96.4 Å². The van der Waals surface area contributed by atoms with Gasteiger partial charge in [0, 0.05) is 4.43 Å². The van der Waals surface area contributed by atoms with E-state index in [2.05, 4.69) is 48.9 Å². The van der Waals surface area contributed by atoms with E-state index in [1.165, 1.54) is 19.6 Å². The summed E-state index contributed by atoms with van der Waals surface area (Å²) in [4.78, 5) is 0. The van der Waals surface area contributed by atoms with Gasteiger partial charge in [-0.2, -0.15) is 0 Å². The van der Waals surface area contributed by atoms with E-state index in [9.17, 15) is 5.11 Å². The molecule has 0 heterocycles. The van der Waals surface area contributed by atoms with E-state index in [4.69, 9.17) is 23.7 Å². The van der Waals surface area contributed by atoms with Crippen LogP contribution in [0.25, 0.3) is 0 Å². The maximum Gasteiger partial charge on any atom is 1.00 e. The molecule has 2 N–H and O–H groups in total. The Morgan fingerprint density at radius 2 is 1.26 bits per heavy atom. The van der Waals surface area contributed by atoms with Crippen LogP contribution < -0.4 is 65.6 Å². The Kier molecular flexibility index (Phi) is 34.5. The number of methoxy groups -OCH3 is 2. The Balaban J connectivity index is -0.000000243. The molecule has 2 aromatic carbocycles. The number of hydrogen-bond acceptors (Lipinski definition) is 7. The molecule has 208 valence electrons. The van der Waals surface area contributed by atoms with Gasteiger partial charge in [0.2, 0.25) is 0 Å². The zero-order valence-electron chi connectivity index (χ0n) is 22.2. The number of rotatable bonds is 14. The minimum absolute atomic E-state index is 0. The van der Waals surface area contributed by atoms with Crippen molar-refractivity contribution in [2.75, 3.05) is 38.5 Å². The zero-order valence-corrected chi connectivity index (χ0v) is 27.4. The van der Waals surface area contributed by atoms with Crippen LogP contribution in [0.15, 0.2) is 87.4 Å². The number of allylic oxidation sites excluding steroid dienone is 2. The second kappa shape index (κ2) is 30.1. The fourth-order valence-corrected chi connectivity index (χ4v) is 2.81. The Morgan fingerprint density at radius 1 is 0.763 bits per heavy atom. The first-order valence-corrected chi connectivity index (χ1v) is 12.4. The smallest absolute Gasteiger partial charge is 0.870 e. The van der Waals surface area contributed by atoms with Gasteiger partial charge < -0.3 is 34.3 Å². The van der Waals surface area contributed by atoms with Crippen LogP contribution in [0.1, 0.15) is 18.6 Å². The molecule has 0 spiro atoms. The van der Waals surface area contributed by atoms with Crippen molar-refractivity contribution in [2.24, 2.45) is 0 Å². The Hall–Kier alpha value is -1.47. The summed E-state index contributed by atoms with van der Waals surface area (Å²) in [5.41, 5.74) is 2.23. The van der Waals surface area contributed by atoms with Crippen molar-refractivity contribution in [3.05, 3.63) is 98.5 Å². The van der Waals surface area contributed by atoms with Gasteiger partial charge in [-0.3, -0.25) is 0 Å². The van der Waals surface area contributed by atoms with Crippen molar-refractivity contribution in [1.29, 1.82) is 0 Å². The summed E-state index contributed by atoms with van der Waals surface area (Å²) in [6.07, 6.45) is 8.12. The summed E-state index contributed by atoms with van der Waals surface area (Å²) >= 11 is 2.24. The first kappa shape index (κ1) is 43.6. The largest absolute Gasteiger partial charge is 1.00 e. The molecule has 9 heteroatoms. The molecule has 0 fully saturated rings. The number of halogens is 1. The Labute approximate surface area is 285 Å². The third kappa shape index (κ3) is 20.5. The van der Waals surface area contributed by atoms with Crippen LogP contribution in [-0.4, -0.2) is 49.1 Å². The molecule has 0 aliphatic heterocycles. The molecule has 0 aliphatic rings. The van der Waals surface area contributed by atoms with E-state index in [0.717, 1.165) is 40.8 Å². The number of aromatic hydroxyl groups is 1. The van der Waals surface area contributed by atoms with Gasteiger partial charge >= 0.3 is 51.4 Å². The molecule has 0 aromatic heterocycles. The van der Waals surface area contributed by atoms with E-state index in [1.54, 1.807) is 19.2 Å². The summed E-state index contributed by atoms with van der Waals surface area (Å²) in [6.45, 7) is 15.9. The molecule has 0 saturated heterocycles. The molecule has 0 unspecified atom stereocenters. The van der Waals surface area contributed by atoms with Crippen LogP contribution >= 0.6 is 22.6 Å². The van der Waals surface area contributed by atoms with Crippen molar-refractivity contribution < 1.29 is 85.7 Å². The molecule has 0 saturated carbocycles. The second-order valence-electron chi connectivity index (χ2n) is 6.59. The van der Waals surface area contributed by atoms with Crippen molar-refractivity contribution in [2.45, 2.75) is 20.3 Å². The van der Waals surface area contributed by atoms with Gasteiger partial charge in [-0.15, -0.1) is 13.2 Å². The van der Waals surface area contributed by atoms with Crippen molar-refractivity contribution >= 4 is 22.6 Å². The van der Waals surface area contributed by atoms with E-state index in [-0.39, 0.29) is 70.0 Å². The van der Waals surface area contributed by atoms with E-state index >= 15 is 0 Å². The van der Waals surface area contributed by atoms with Crippen molar-refractivity contribution in [3.8, 4) is 23.0 Å². The van der Waals surface area contributed by atoms with E-state index < -0.39 is 0 Å². The van der Waals surface area contributed by atoms with Gasteiger partial charge in [-0.1, -0.05) is 67.5 Å². The summed E-state index contributed by atoms with van der Waals surface area (Å²) in [5, 5.41) is 9.25. The molecule has 0 radical (unpaired) electrons. The molecule has 0 amide bonds. The molecular formula is C29H42IKO7. The van der Waals surface area contributed by atoms with Gasteiger partial charge in [0.05, 0.1) is 33.4 Å². The van der Waals surface area contributed by atoms with Crippen molar-refractivity contribution in [1.82, 2.24) is 0 Å². The van der Waals surface area contributed by atoms with Crippen LogP contribution in [0.3, 0.4) is 0 Å². The summed E-state index contributed by atoms with van der Waals surface area (Å²) in [6, 6.07) is 11.1. The van der Waals surface area contributed by atoms with Crippen molar-refractivity contribution in [3.63, 3.8) is 0 Å². The third-order valence-corrected chi connectivity index (χ3v) is 4.56. The molecule has 0 atom stereocenters. The molecule has 38 heavy (non-hydrogen) atoms. The number of benzene rings is 2. The number of phenolic OH excluding ortho intramolecular Hbond substituents is 1. The van der Waals surface area contributed by atoms with Crippen LogP contribution in [0.5, 0.6) is 23.0 Å². The monoisotopic (exact) mass is 668 g/mol. The van der Waals surface area contributed by atoms with Gasteiger partial charge in [0.25, 0.3) is 0 Å². The predicted octanol–water partition coefficient (Wildman–Crippen LogP) is 4.14. The minimum atomic E-state index is 0. The third-order valence-electron chi connectivity index (χ3n) is 4.12. The second-order valence-corrected chi connectivity index (χ2v) is 7.67. The number of ether oxygens (including phenoxy) is 5. The van der Waals surface area contributed by atoms with E-state index in [0.29, 0.717) is 24.7 Å². The van der Waals surface area contributed by atoms with Gasteiger partial charge in [0.1, 0.15) is 13.2 Å². The maximum absolute atomic E-state index is 9.25. The molecule has 7 nitrogen and oxygen atoms in total. The first-order chi connectivity index (χ1) is 17.0. The number of phenols is 1. The average molecular weight is 669 g/mol. The van der Waals surface area contributed by atoms with Gasteiger partial charge in [-0.05, 0) is 48.2 Å². The SMILES string of the molecule is C.C=CCc1ccc(O)c(OC)c1.C=CCc1ccc(OCCOC=C)c(OC)c1.C=COCCI.[K+].[OH-]. The molecule has 2 aromatic rings.